The third kappa shape index (κ3) is 4.84. The van der Waals surface area contributed by atoms with Gasteiger partial charge in [-0.05, 0) is 14.1 Å². The van der Waals surface area contributed by atoms with Crippen molar-refractivity contribution in [2.75, 3.05) is 46.8 Å². The number of amides is 2. The van der Waals surface area contributed by atoms with Gasteiger partial charge in [0.25, 0.3) is 5.91 Å². The molecule has 1 aromatic heterocycles. The second kappa shape index (κ2) is 9.41. The highest BCUT2D eigenvalue weighted by atomic mass is 32.1. The predicted molar refractivity (Wildman–Crippen MR) is 124 cm³/mol. The SMILES string of the molecule is CN(C)CC(=O)N1CCN(C(=O)c2sc(-c3ccccc3)nc2-c2ccccc2)CC1. The molecule has 6 nitrogen and oxygen atoms in total. The molecule has 0 spiro atoms. The summed E-state index contributed by atoms with van der Waals surface area (Å²) in [6.45, 7) is 2.57. The first kappa shape index (κ1) is 21.2. The summed E-state index contributed by atoms with van der Waals surface area (Å²) in [5.74, 6) is 0.0875. The van der Waals surface area contributed by atoms with Gasteiger partial charge in [-0.25, -0.2) is 4.98 Å². The lowest BCUT2D eigenvalue weighted by atomic mass is 10.1. The number of likely N-dealkylation sites (N-methyl/N-ethyl adjacent to an activating group) is 1. The fraction of sp³-hybridized carbons (Fsp3) is 0.292. The van der Waals surface area contributed by atoms with Crippen molar-refractivity contribution in [3.63, 3.8) is 0 Å². The molecule has 4 rings (SSSR count). The van der Waals surface area contributed by atoms with E-state index in [1.807, 2.05) is 89.5 Å². The Morgan fingerprint density at radius 3 is 2.00 bits per heavy atom. The lowest BCUT2D eigenvalue weighted by Crippen LogP contribution is -2.52. The molecule has 0 bridgehead atoms. The standard InChI is InChI=1S/C24H26N4O2S/c1-26(2)17-20(29)27-13-15-28(16-14-27)24(30)22-21(18-9-5-3-6-10-18)25-23(31-22)19-11-7-4-8-12-19/h3-12H,13-17H2,1-2H3. The van der Waals surface area contributed by atoms with Gasteiger partial charge in [-0.1, -0.05) is 60.7 Å². The topological polar surface area (TPSA) is 56.8 Å². The number of piperazine rings is 1. The van der Waals surface area contributed by atoms with Crippen molar-refractivity contribution in [1.82, 2.24) is 19.7 Å². The van der Waals surface area contributed by atoms with E-state index in [-0.39, 0.29) is 11.8 Å². The van der Waals surface area contributed by atoms with Crippen molar-refractivity contribution >= 4 is 23.2 Å². The Bertz CT molecular complexity index is 1040. The Kier molecular flexibility index (Phi) is 6.44. The maximum absolute atomic E-state index is 13.5. The summed E-state index contributed by atoms with van der Waals surface area (Å²) in [4.78, 5) is 36.8. The van der Waals surface area contributed by atoms with Crippen LogP contribution in [-0.2, 0) is 4.79 Å². The Hall–Kier alpha value is -3.03. The number of carbonyl (C=O) groups is 2. The summed E-state index contributed by atoms with van der Waals surface area (Å²) in [5.41, 5.74) is 2.66. The molecule has 7 heteroatoms. The Morgan fingerprint density at radius 1 is 0.871 bits per heavy atom. The number of hydrogen-bond donors (Lipinski definition) is 0. The summed E-state index contributed by atoms with van der Waals surface area (Å²) in [5, 5.41) is 0.836. The van der Waals surface area contributed by atoms with Crippen molar-refractivity contribution in [3.05, 3.63) is 65.5 Å². The largest absolute Gasteiger partial charge is 0.338 e. The van der Waals surface area contributed by atoms with Crippen LogP contribution in [0.2, 0.25) is 0 Å². The summed E-state index contributed by atoms with van der Waals surface area (Å²) < 4.78 is 0. The van der Waals surface area contributed by atoms with Crippen LogP contribution in [0, 0.1) is 0 Å². The van der Waals surface area contributed by atoms with Crippen molar-refractivity contribution in [2.24, 2.45) is 0 Å². The van der Waals surface area contributed by atoms with Crippen LogP contribution in [0.4, 0.5) is 0 Å². The minimum absolute atomic E-state index is 0.0155. The first-order chi connectivity index (χ1) is 15.0. The van der Waals surface area contributed by atoms with E-state index < -0.39 is 0 Å². The van der Waals surface area contributed by atoms with Gasteiger partial charge in [-0.3, -0.25) is 9.59 Å². The molecule has 0 N–H and O–H groups in total. The molecule has 2 aromatic carbocycles. The second-order valence-corrected chi connectivity index (χ2v) is 8.84. The van der Waals surface area contributed by atoms with Gasteiger partial charge in [-0.2, -0.15) is 0 Å². The summed E-state index contributed by atoms with van der Waals surface area (Å²) >= 11 is 1.44. The number of carbonyl (C=O) groups excluding carboxylic acids is 2. The van der Waals surface area contributed by atoms with E-state index in [0.29, 0.717) is 37.6 Å². The van der Waals surface area contributed by atoms with Crippen LogP contribution in [0.1, 0.15) is 9.67 Å². The second-order valence-electron chi connectivity index (χ2n) is 7.84. The molecular formula is C24H26N4O2S. The van der Waals surface area contributed by atoms with Crippen LogP contribution in [0.25, 0.3) is 21.8 Å². The van der Waals surface area contributed by atoms with Gasteiger partial charge in [0.05, 0.1) is 12.2 Å². The Balaban J connectivity index is 1.58. The van der Waals surface area contributed by atoms with E-state index in [4.69, 9.17) is 4.98 Å². The van der Waals surface area contributed by atoms with Gasteiger partial charge in [0, 0.05) is 37.3 Å². The Morgan fingerprint density at radius 2 is 1.42 bits per heavy atom. The van der Waals surface area contributed by atoms with E-state index in [1.54, 1.807) is 0 Å². The highest BCUT2D eigenvalue weighted by molar-refractivity contribution is 7.17. The lowest BCUT2D eigenvalue weighted by molar-refractivity contribution is -0.133. The van der Waals surface area contributed by atoms with Crippen molar-refractivity contribution in [3.8, 4) is 21.8 Å². The molecule has 2 amide bonds. The average Bonchev–Trinajstić information content (AvgIpc) is 3.25. The maximum Gasteiger partial charge on any atom is 0.266 e. The van der Waals surface area contributed by atoms with Crippen LogP contribution in [0.5, 0.6) is 0 Å². The number of thiazole rings is 1. The first-order valence-electron chi connectivity index (χ1n) is 10.4. The van der Waals surface area contributed by atoms with Crippen LogP contribution >= 0.6 is 11.3 Å². The van der Waals surface area contributed by atoms with Gasteiger partial charge in [0.2, 0.25) is 5.91 Å². The highest BCUT2D eigenvalue weighted by Gasteiger charge is 2.28. The molecule has 31 heavy (non-hydrogen) atoms. The molecule has 1 fully saturated rings. The minimum Gasteiger partial charge on any atom is -0.338 e. The van der Waals surface area contributed by atoms with Crippen molar-refractivity contribution in [1.29, 1.82) is 0 Å². The molecule has 1 aliphatic rings. The lowest BCUT2D eigenvalue weighted by Gasteiger charge is -2.35. The van der Waals surface area contributed by atoms with Gasteiger partial charge in [-0.15, -0.1) is 11.3 Å². The average molecular weight is 435 g/mol. The Labute approximate surface area is 186 Å². The third-order valence-electron chi connectivity index (χ3n) is 5.26. The number of aromatic nitrogens is 1. The molecule has 0 unspecified atom stereocenters. The fourth-order valence-corrected chi connectivity index (χ4v) is 4.69. The predicted octanol–water partition coefficient (Wildman–Crippen LogP) is 3.32. The number of rotatable bonds is 5. The molecule has 3 aromatic rings. The molecule has 2 heterocycles. The van der Waals surface area contributed by atoms with Gasteiger partial charge < -0.3 is 14.7 Å². The van der Waals surface area contributed by atoms with E-state index in [1.165, 1.54) is 11.3 Å². The smallest absolute Gasteiger partial charge is 0.266 e. The van der Waals surface area contributed by atoms with E-state index in [2.05, 4.69) is 0 Å². The number of benzene rings is 2. The number of hydrogen-bond acceptors (Lipinski definition) is 5. The molecule has 1 saturated heterocycles. The molecule has 0 atom stereocenters. The molecule has 160 valence electrons. The zero-order valence-electron chi connectivity index (χ0n) is 17.8. The van der Waals surface area contributed by atoms with Crippen molar-refractivity contribution in [2.45, 2.75) is 0 Å². The van der Waals surface area contributed by atoms with Gasteiger partial charge in [0.15, 0.2) is 0 Å². The normalized spacial score (nSPS) is 14.2. The third-order valence-corrected chi connectivity index (χ3v) is 6.35. The summed E-state index contributed by atoms with van der Waals surface area (Å²) in [6, 6.07) is 19.8. The van der Waals surface area contributed by atoms with E-state index in [0.717, 1.165) is 21.8 Å². The van der Waals surface area contributed by atoms with Crippen LogP contribution < -0.4 is 0 Å². The zero-order valence-corrected chi connectivity index (χ0v) is 18.6. The molecular weight excluding hydrogens is 408 g/mol. The molecule has 0 saturated carbocycles. The fourth-order valence-electron chi connectivity index (χ4n) is 3.63. The van der Waals surface area contributed by atoms with Gasteiger partial charge in [0.1, 0.15) is 9.88 Å². The minimum atomic E-state index is -0.0155. The monoisotopic (exact) mass is 434 g/mol. The highest BCUT2D eigenvalue weighted by Crippen LogP contribution is 2.34. The molecule has 1 aliphatic heterocycles. The van der Waals surface area contributed by atoms with E-state index in [9.17, 15) is 9.59 Å². The van der Waals surface area contributed by atoms with Crippen LogP contribution in [0.15, 0.2) is 60.7 Å². The quantitative estimate of drug-likeness (QED) is 0.618. The van der Waals surface area contributed by atoms with Gasteiger partial charge >= 0.3 is 0 Å². The summed E-state index contributed by atoms with van der Waals surface area (Å²) in [6.07, 6.45) is 0. The number of nitrogens with zero attached hydrogens (tertiary/aromatic N) is 4. The first-order valence-corrected chi connectivity index (χ1v) is 11.2. The molecule has 0 radical (unpaired) electrons. The van der Waals surface area contributed by atoms with Crippen molar-refractivity contribution < 1.29 is 9.59 Å². The zero-order chi connectivity index (χ0) is 21.8. The summed E-state index contributed by atoms with van der Waals surface area (Å²) in [7, 11) is 3.77. The van der Waals surface area contributed by atoms with Crippen LogP contribution in [-0.4, -0.2) is 78.3 Å². The molecule has 0 aliphatic carbocycles. The van der Waals surface area contributed by atoms with Crippen LogP contribution in [0.3, 0.4) is 0 Å². The maximum atomic E-state index is 13.5. The van der Waals surface area contributed by atoms with E-state index >= 15 is 0 Å².